The highest BCUT2D eigenvalue weighted by Gasteiger charge is 2.06. The topological polar surface area (TPSA) is 69.5 Å². The fraction of sp³-hybridized carbons (Fsp3) is 0.0625. The van der Waals surface area contributed by atoms with Crippen LogP contribution in [-0.2, 0) is 6.42 Å². The van der Waals surface area contributed by atoms with E-state index in [9.17, 15) is 4.79 Å². The lowest BCUT2D eigenvalue weighted by molar-refractivity contribution is 1.06. The molecule has 0 bridgehead atoms. The fourth-order valence-electron chi connectivity index (χ4n) is 2.30. The van der Waals surface area contributed by atoms with Crippen LogP contribution in [0.3, 0.4) is 0 Å². The molecule has 0 aliphatic rings. The maximum absolute atomic E-state index is 11.8. The number of H-pyrrole nitrogens is 1. The van der Waals surface area contributed by atoms with Crippen LogP contribution in [0.1, 0.15) is 16.8 Å². The molecule has 0 aliphatic carbocycles. The normalized spacial score (nSPS) is 10.5. The van der Waals surface area contributed by atoms with Gasteiger partial charge in [-0.3, -0.25) is 4.79 Å². The van der Waals surface area contributed by atoms with Gasteiger partial charge in [-0.1, -0.05) is 12.1 Å². The zero-order chi connectivity index (χ0) is 14.8. The van der Waals surface area contributed by atoms with Crippen LogP contribution in [-0.4, -0.2) is 9.97 Å². The number of nitrogens with one attached hydrogen (secondary N) is 1. The quantitative estimate of drug-likeness (QED) is 0.729. The molecule has 0 radical (unpaired) electrons. The number of fused-ring (bicyclic) bond motifs is 1. The van der Waals surface area contributed by atoms with Gasteiger partial charge in [0.2, 0.25) is 5.56 Å². The van der Waals surface area contributed by atoms with Crippen molar-refractivity contribution in [2.45, 2.75) is 6.42 Å². The minimum absolute atomic E-state index is 0.155. The number of hydrogen-bond acceptors (Lipinski definition) is 3. The number of pyridine rings is 2. The van der Waals surface area contributed by atoms with E-state index in [1.807, 2.05) is 24.3 Å². The number of halogens is 1. The first-order chi connectivity index (χ1) is 10.2. The van der Waals surface area contributed by atoms with Crippen LogP contribution in [0.25, 0.3) is 10.8 Å². The summed E-state index contributed by atoms with van der Waals surface area (Å²) >= 11 is 3.35. The number of aromatic nitrogens is 2. The third-order valence-electron chi connectivity index (χ3n) is 3.22. The van der Waals surface area contributed by atoms with Gasteiger partial charge in [-0.2, -0.15) is 5.26 Å². The molecule has 2 heterocycles. The van der Waals surface area contributed by atoms with E-state index >= 15 is 0 Å². The molecule has 1 N–H and O–H groups in total. The molecular formula is C16H10BrN3O. The van der Waals surface area contributed by atoms with Gasteiger partial charge in [-0.25, -0.2) is 4.98 Å². The van der Waals surface area contributed by atoms with Crippen LogP contribution >= 0.6 is 15.9 Å². The van der Waals surface area contributed by atoms with E-state index in [-0.39, 0.29) is 5.56 Å². The Balaban J connectivity index is 2.13. The standard InChI is InChI=1S/C16H10BrN3O/c17-15-7-13-12(9-19-15)6-16(21)20-14(13)5-10-2-1-3-11(4-10)8-18/h1-4,6-7,9H,5H2,(H,20,21). The van der Waals surface area contributed by atoms with Crippen molar-refractivity contribution in [3.63, 3.8) is 0 Å². The Kier molecular flexibility index (Phi) is 3.55. The second-order valence-corrected chi connectivity index (χ2v) is 5.51. The Morgan fingerprint density at radius 3 is 2.95 bits per heavy atom. The van der Waals surface area contributed by atoms with Gasteiger partial charge in [0.15, 0.2) is 0 Å². The van der Waals surface area contributed by atoms with Crippen molar-refractivity contribution in [3.05, 3.63) is 74.4 Å². The van der Waals surface area contributed by atoms with Crippen LogP contribution < -0.4 is 5.56 Å². The highest BCUT2D eigenvalue weighted by molar-refractivity contribution is 9.10. The fourth-order valence-corrected chi connectivity index (χ4v) is 2.64. The predicted octanol–water partition coefficient (Wildman–Crippen LogP) is 3.15. The Bertz CT molecular complexity index is 925. The Labute approximate surface area is 129 Å². The first-order valence-electron chi connectivity index (χ1n) is 6.32. The van der Waals surface area contributed by atoms with E-state index in [1.54, 1.807) is 12.3 Å². The van der Waals surface area contributed by atoms with Crippen molar-refractivity contribution in [1.82, 2.24) is 9.97 Å². The molecule has 0 unspecified atom stereocenters. The molecule has 0 atom stereocenters. The summed E-state index contributed by atoms with van der Waals surface area (Å²) in [5.74, 6) is 0. The lowest BCUT2D eigenvalue weighted by atomic mass is 10.0. The summed E-state index contributed by atoms with van der Waals surface area (Å²) in [6.45, 7) is 0. The van der Waals surface area contributed by atoms with Crippen LogP contribution in [0.4, 0.5) is 0 Å². The molecule has 0 saturated heterocycles. The monoisotopic (exact) mass is 339 g/mol. The maximum atomic E-state index is 11.8. The zero-order valence-corrected chi connectivity index (χ0v) is 12.5. The van der Waals surface area contributed by atoms with E-state index < -0.39 is 0 Å². The summed E-state index contributed by atoms with van der Waals surface area (Å²) in [5, 5.41) is 10.7. The molecular weight excluding hydrogens is 330 g/mol. The highest BCUT2D eigenvalue weighted by atomic mass is 79.9. The molecule has 2 aromatic heterocycles. The van der Waals surface area contributed by atoms with Crippen molar-refractivity contribution >= 4 is 26.7 Å². The molecule has 0 aliphatic heterocycles. The van der Waals surface area contributed by atoms with Crippen molar-refractivity contribution in [3.8, 4) is 6.07 Å². The molecule has 0 fully saturated rings. The largest absolute Gasteiger partial charge is 0.325 e. The molecule has 0 amide bonds. The summed E-state index contributed by atoms with van der Waals surface area (Å²) in [6.07, 6.45) is 2.22. The van der Waals surface area contributed by atoms with Crippen molar-refractivity contribution < 1.29 is 0 Å². The average Bonchev–Trinajstić information content (AvgIpc) is 2.48. The Morgan fingerprint density at radius 1 is 1.29 bits per heavy atom. The van der Waals surface area contributed by atoms with E-state index in [0.29, 0.717) is 16.6 Å². The zero-order valence-electron chi connectivity index (χ0n) is 10.9. The second-order valence-electron chi connectivity index (χ2n) is 4.70. The van der Waals surface area contributed by atoms with Gasteiger partial charge in [0.25, 0.3) is 0 Å². The molecule has 3 aromatic rings. The van der Waals surface area contributed by atoms with Crippen LogP contribution in [0.15, 0.2) is 52.0 Å². The van der Waals surface area contributed by atoms with Gasteiger partial charge in [-0.05, 0) is 39.7 Å². The van der Waals surface area contributed by atoms with Gasteiger partial charge >= 0.3 is 0 Å². The molecule has 0 saturated carbocycles. The lowest BCUT2D eigenvalue weighted by Gasteiger charge is -2.07. The minimum Gasteiger partial charge on any atom is -0.325 e. The maximum Gasteiger partial charge on any atom is 0.248 e. The van der Waals surface area contributed by atoms with Crippen LogP contribution in [0.5, 0.6) is 0 Å². The molecule has 21 heavy (non-hydrogen) atoms. The molecule has 0 spiro atoms. The van der Waals surface area contributed by atoms with E-state index in [4.69, 9.17) is 5.26 Å². The lowest BCUT2D eigenvalue weighted by Crippen LogP contribution is -2.08. The van der Waals surface area contributed by atoms with Gasteiger partial charge in [0.1, 0.15) is 4.60 Å². The smallest absolute Gasteiger partial charge is 0.248 e. The number of aromatic amines is 1. The number of nitriles is 1. The van der Waals surface area contributed by atoms with Crippen molar-refractivity contribution in [2.75, 3.05) is 0 Å². The van der Waals surface area contributed by atoms with E-state index in [0.717, 1.165) is 22.0 Å². The van der Waals surface area contributed by atoms with E-state index in [1.165, 1.54) is 6.07 Å². The number of hydrogen-bond donors (Lipinski definition) is 1. The second kappa shape index (κ2) is 5.51. The van der Waals surface area contributed by atoms with Crippen LogP contribution in [0, 0.1) is 11.3 Å². The predicted molar refractivity (Wildman–Crippen MR) is 84.0 cm³/mol. The Hall–Kier alpha value is -2.45. The van der Waals surface area contributed by atoms with Gasteiger partial charge in [0, 0.05) is 35.2 Å². The summed E-state index contributed by atoms with van der Waals surface area (Å²) in [7, 11) is 0. The number of benzene rings is 1. The Morgan fingerprint density at radius 2 is 2.14 bits per heavy atom. The minimum atomic E-state index is -0.155. The van der Waals surface area contributed by atoms with E-state index in [2.05, 4.69) is 32.0 Å². The summed E-state index contributed by atoms with van der Waals surface area (Å²) < 4.78 is 0.717. The first-order valence-corrected chi connectivity index (χ1v) is 7.11. The molecule has 1 aromatic carbocycles. The summed E-state index contributed by atoms with van der Waals surface area (Å²) in [5.41, 5.74) is 2.25. The first kappa shape index (κ1) is 13.5. The molecule has 102 valence electrons. The molecule has 4 nitrogen and oxygen atoms in total. The summed E-state index contributed by atoms with van der Waals surface area (Å²) in [6, 6.07) is 12.9. The molecule has 3 rings (SSSR count). The third-order valence-corrected chi connectivity index (χ3v) is 3.66. The number of rotatable bonds is 2. The van der Waals surface area contributed by atoms with Crippen molar-refractivity contribution in [2.24, 2.45) is 0 Å². The average molecular weight is 340 g/mol. The van der Waals surface area contributed by atoms with Gasteiger partial charge in [0.05, 0.1) is 11.6 Å². The van der Waals surface area contributed by atoms with Gasteiger partial charge in [-0.15, -0.1) is 0 Å². The van der Waals surface area contributed by atoms with Gasteiger partial charge < -0.3 is 4.98 Å². The summed E-state index contributed by atoms with van der Waals surface area (Å²) in [4.78, 5) is 18.8. The molecule has 5 heteroatoms. The number of nitrogens with zero attached hydrogens (tertiary/aromatic N) is 2. The van der Waals surface area contributed by atoms with Crippen LogP contribution in [0.2, 0.25) is 0 Å². The SMILES string of the molecule is N#Cc1cccc(Cc2[nH]c(=O)cc3cnc(Br)cc23)c1. The third kappa shape index (κ3) is 2.86. The van der Waals surface area contributed by atoms with Crippen molar-refractivity contribution in [1.29, 1.82) is 5.26 Å². The highest BCUT2D eigenvalue weighted by Crippen LogP contribution is 2.21.